The van der Waals surface area contributed by atoms with Crippen molar-refractivity contribution in [1.82, 2.24) is 14.9 Å². The van der Waals surface area contributed by atoms with E-state index in [9.17, 15) is 9.59 Å². The van der Waals surface area contributed by atoms with E-state index < -0.39 is 0 Å². The third-order valence-corrected chi connectivity index (χ3v) is 5.41. The molecule has 3 aromatic rings. The Kier molecular flexibility index (Phi) is 4.38. The molecule has 0 atom stereocenters. The molecule has 1 aliphatic rings. The van der Waals surface area contributed by atoms with Gasteiger partial charge in [-0.3, -0.25) is 9.59 Å². The molecule has 0 saturated carbocycles. The van der Waals surface area contributed by atoms with E-state index >= 15 is 0 Å². The van der Waals surface area contributed by atoms with Crippen molar-refractivity contribution in [3.05, 3.63) is 53.9 Å². The minimum Gasteiger partial charge on any atom is -0.350 e. The molecule has 0 saturated heterocycles. The van der Waals surface area contributed by atoms with E-state index in [1.165, 1.54) is 11.8 Å². The first-order chi connectivity index (χ1) is 12.6. The van der Waals surface area contributed by atoms with E-state index in [4.69, 9.17) is 0 Å². The van der Waals surface area contributed by atoms with Crippen LogP contribution in [0.3, 0.4) is 0 Å². The molecule has 132 valence electrons. The van der Waals surface area contributed by atoms with E-state index in [-0.39, 0.29) is 11.8 Å². The molecule has 2 amide bonds. The second-order valence-corrected chi connectivity index (χ2v) is 7.12. The number of amides is 2. The lowest BCUT2D eigenvalue weighted by Crippen LogP contribution is -2.28. The van der Waals surface area contributed by atoms with Crippen LogP contribution in [0, 0.1) is 6.92 Å². The zero-order valence-electron chi connectivity index (χ0n) is 14.3. The van der Waals surface area contributed by atoms with E-state index in [1.807, 2.05) is 37.3 Å². The minimum atomic E-state index is -0.153. The average molecular weight is 366 g/mol. The zero-order chi connectivity index (χ0) is 18.1. The van der Waals surface area contributed by atoms with E-state index in [1.54, 1.807) is 12.1 Å². The Bertz CT molecular complexity index is 1010. The predicted octanol–water partition coefficient (Wildman–Crippen LogP) is 2.82. The van der Waals surface area contributed by atoms with Crippen molar-refractivity contribution in [2.75, 3.05) is 17.6 Å². The van der Waals surface area contributed by atoms with Crippen LogP contribution in [0.25, 0.3) is 11.0 Å². The molecule has 0 aliphatic carbocycles. The van der Waals surface area contributed by atoms with E-state index in [0.29, 0.717) is 30.1 Å². The van der Waals surface area contributed by atoms with Gasteiger partial charge in [0.2, 0.25) is 5.91 Å². The molecule has 0 spiro atoms. The molecule has 2 aromatic carbocycles. The molecule has 1 aromatic heterocycles. The molecule has 2 N–H and O–H groups in total. The number of fused-ring (bicyclic) bond motifs is 2. The van der Waals surface area contributed by atoms with Crippen molar-refractivity contribution in [2.45, 2.75) is 18.4 Å². The Hall–Kier alpha value is -2.80. The lowest BCUT2D eigenvalue weighted by atomic mass is 10.2. The quantitative estimate of drug-likeness (QED) is 0.744. The summed E-state index contributed by atoms with van der Waals surface area (Å²) in [6, 6.07) is 13.4. The number of nitrogens with one attached hydrogen (secondary N) is 2. The number of benzene rings is 2. The Labute approximate surface area is 155 Å². The lowest BCUT2D eigenvalue weighted by molar-refractivity contribution is -0.113. The van der Waals surface area contributed by atoms with Crippen LogP contribution in [0.5, 0.6) is 0 Å². The first-order valence-electron chi connectivity index (χ1n) is 8.38. The Morgan fingerprint density at radius 3 is 3.04 bits per heavy atom. The van der Waals surface area contributed by atoms with Gasteiger partial charge in [0.25, 0.3) is 5.91 Å². The molecule has 1 aliphatic heterocycles. The maximum absolute atomic E-state index is 12.4. The van der Waals surface area contributed by atoms with Crippen molar-refractivity contribution in [3.8, 4) is 0 Å². The van der Waals surface area contributed by atoms with Crippen LogP contribution in [0.2, 0.25) is 0 Å². The molecule has 7 heteroatoms. The number of carbonyl (C=O) groups is 2. The molecular weight excluding hydrogens is 348 g/mol. The molecule has 4 rings (SSSR count). The minimum absolute atomic E-state index is 0.0393. The zero-order valence-corrected chi connectivity index (χ0v) is 15.1. The van der Waals surface area contributed by atoms with Crippen LogP contribution in [-0.4, -0.2) is 33.7 Å². The van der Waals surface area contributed by atoms with Crippen molar-refractivity contribution in [2.24, 2.45) is 0 Å². The van der Waals surface area contributed by atoms with Gasteiger partial charge in [0, 0.05) is 23.5 Å². The second-order valence-electron chi connectivity index (χ2n) is 6.10. The Balaban J connectivity index is 1.43. The highest BCUT2D eigenvalue weighted by Crippen LogP contribution is 2.31. The SMILES string of the molecule is Cc1nc2ccccc2n1CCNC(=O)c1ccc2c(c1)NC(=O)CS2. The molecule has 0 fully saturated rings. The van der Waals surface area contributed by atoms with Crippen LogP contribution < -0.4 is 10.6 Å². The molecule has 26 heavy (non-hydrogen) atoms. The van der Waals surface area contributed by atoms with Gasteiger partial charge in [-0.2, -0.15) is 0 Å². The smallest absolute Gasteiger partial charge is 0.251 e. The number of para-hydroxylation sites is 2. The summed E-state index contributed by atoms with van der Waals surface area (Å²) in [5, 5.41) is 5.75. The van der Waals surface area contributed by atoms with Crippen LogP contribution in [0.15, 0.2) is 47.4 Å². The van der Waals surface area contributed by atoms with Gasteiger partial charge in [-0.05, 0) is 37.3 Å². The van der Waals surface area contributed by atoms with Gasteiger partial charge in [0.05, 0.1) is 22.5 Å². The van der Waals surface area contributed by atoms with Gasteiger partial charge >= 0.3 is 0 Å². The number of rotatable bonds is 4. The number of hydrogen-bond donors (Lipinski definition) is 2. The number of nitrogens with zero attached hydrogens (tertiary/aromatic N) is 2. The van der Waals surface area contributed by atoms with E-state index in [0.717, 1.165) is 21.8 Å². The fraction of sp³-hybridized carbons (Fsp3) is 0.211. The highest BCUT2D eigenvalue weighted by molar-refractivity contribution is 8.00. The second kappa shape index (κ2) is 6.84. The summed E-state index contributed by atoms with van der Waals surface area (Å²) in [4.78, 5) is 29.5. The number of anilines is 1. The van der Waals surface area contributed by atoms with Gasteiger partial charge in [-0.15, -0.1) is 11.8 Å². The van der Waals surface area contributed by atoms with Gasteiger partial charge in [-0.1, -0.05) is 12.1 Å². The van der Waals surface area contributed by atoms with Crippen LogP contribution in [-0.2, 0) is 11.3 Å². The summed E-state index contributed by atoms with van der Waals surface area (Å²) in [6.07, 6.45) is 0. The van der Waals surface area contributed by atoms with Crippen molar-refractivity contribution >= 4 is 40.3 Å². The molecule has 0 bridgehead atoms. The summed E-state index contributed by atoms with van der Waals surface area (Å²) in [5.41, 5.74) is 3.26. The summed E-state index contributed by atoms with van der Waals surface area (Å²) < 4.78 is 2.10. The van der Waals surface area contributed by atoms with Crippen LogP contribution >= 0.6 is 11.8 Å². The Morgan fingerprint density at radius 1 is 1.31 bits per heavy atom. The topological polar surface area (TPSA) is 76.0 Å². The first-order valence-corrected chi connectivity index (χ1v) is 9.37. The average Bonchev–Trinajstić information content (AvgIpc) is 2.96. The third kappa shape index (κ3) is 3.17. The number of aryl methyl sites for hydroxylation is 1. The van der Waals surface area contributed by atoms with Crippen molar-refractivity contribution in [3.63, 3.8) is 0 Å². The molecule has 2 heterocycles. The fourth-order valence-corrected chi connectivity index (χ4v) is 3.87. The van der Waals surface area contributed by atoms with Crippen molar-refractivity contribution in [1.29, 1.82) is 0 Å². The highest BCUT2D eigenvalue weighted by Gasteiger charge is 2.17. The monoisotopic (exact) mass is 366 g/mol. The predicted molar refractivity (Wildman–Crippen MR) is 103 cm³/mol. The largest absolute Gasteiger partial charge is 0.350 e. The standard InChI is InChI=1S/C19H18N4O2S/c1-12-21-14-4-2-3-5-16(14)23(12)9-8-20-19(25)13-6-7-17-15(10-13)22-18(24)11-26-17/h2-7,10H,8-9,11H2,1H3,(H,20,25)(H,22,24). The number of imidazole rings is 1. The molecular formula is C19H18N4O2S. The maximum atomic E-state index is 12.4. The van der Waals surface area contributed by atoms with Crippen molar-refractivity contribution < 1.29 is 9.59 Å². The summed E-state index contributed by atoms with van der Waals surface area (Å²) in [6.45, 7) is 3.11. The lowest BCUT2D eigenvalue weighted by Gasteiger charge is -2.17. The van der Waals surface area contributed by atoms with Crippen LogP contribution in [0.1, 0.15) is 16.2 Å². The third-order valence-electron chi connectivity index (χ3n) is 4.34. The maximum Gasteiger partial charge on any atom is 0.251 e. The summed E-state index contributed by atoms with van der Waals surface area (Å²) >= 11 is 1.48. The molecule has 0 radical (unpaired) electrons. The van der Waals surface area contributed by atoms with Crippen LogP contribution in [0.4, 0.5) is 5.69 Å². The highest BCUT2D eigenvalue weighted by atomic mass is 32.2. The van der Waals surface area contributed by atoms with Gasteiger partial charge in [0.1, 0.15) is 5.82 Å². The molecule has 6 nitrogen and oxygen atoms in total. The molecule has 0 unspecified atom stereocenters. The van der Waals surface area contributed by atoms with Gasteiger partial charge in [-0.25, -0.2) is 4.98 Å². The van der Waals surface area contributed by atoms with E-state index in [2.05, 4.69) is 20.2 Å². The summed E-state index contributed by atoms with van der Waals surface area (Å²) in [7, 11) is 0. The number of aromatic nitrogens is 2. The number of carbonyl (C=O) groups excluding carboxylic acids is 2. The first kappa shape index (κ1) is 16.7. The number of hydrogen-bond acceptors (Lipinski definition) is 4. The number of thioether (sulfide) groups is 1. The van der Waals surface area contributed by atoms with Gasteiger partial charge in [0.15, 0.2) is 0 Å². The summed E-state index contributed by atoms with van der Waals surface area (Å²) in [5.74, 6) is 1.15. The van der Waals surface area contributed by atoms with Gasteiger partial charge < -0.3 is 15.2 Å². The Morgan fingerprint density at radius 2 is 2.15 bits per heavy atom. The fourth-order valence-electron chi connectivity index (χ4n) is 3.09. The normalized spacial score (nSPS) is 13.3.